The number of hydrogen-bond acceptors (Lipinski definition) is 6. The van der Waals surface area contributed by atoms with Gasteiger partial charge in [-0.3, -0.25) is 14.8 Å². The molecule has 0 aliphatic carbocycles. The second-order valence-electron chi connectivity index (χ2n) is 6.83. The Labute approximate surface area is 175 Å². The molecule has 0 fully saturated rings. The van der Waals surface area contributed by atoms with Crippen molar-refractivity contribution < 1.29 is 5.11 Å². The lowest BCUT2D eigenvalue weighted by atomic mass is 10.0. The van der Waals surface area contributed by atoms with Gasteiger partial charge in [0.25, 0.3) is 5.56 Å². The molecule has 7 nitrogen and oxygen atoms in total. The second-order valence-corrected chi connectivity index (χ2v) is 7.81. The minimum Gasteiger partial charge on any atom is -0.494 e. The van der Waals surface area contributed by atoms with Gasteiger partial charge in [0, 0.05) is 11.8 Å². The Balaban J connectivity index is 1.81. The number of H-pyrrole nitrogens is 2. The standard InChI is InChI=1S/C22H18N4O3S/c1-12-3-7-14(8-4-12)17-18(15-9-5-13(2)6-10-15)30-22(24-17)23-11-16-19(27)25-21(29)26-20(16)28/h3-11H,1-2H3,(H3,25,26,27,28,29). The van der Waals surface area contributed by atoms with Crippen LogP contribution in [0.15, 0.2) is 63.1 Å². The number of rotatable bonds is 4. The molecule has 0 radical (unpaired) electrons. The summed E-state index contributed by atoms with van der Waals surface area (Å²) in [5, 5.41) is 10.3. The summed E-state index contributed by atoms with van der Waals surface area (Å²) in [6.07, 6.45) is 1.20. The van der Waals surface area contributed by atoms with Crippen molar-refractivity contribution in [2.75, 3.05) is 0 Å². The molecule has 0 amide bonds. The fourth-order valence-electron chi connectivity index (χ4n) is 2.90. The van der Waals surface area contributed by atoms with Crippen LogP contribution >= 0.6 is 11.3 Å². The number of hydrogen-bond donors (Lipinski definition) is 3. The van der Waals surface area contributed by atoms with Crippen molar-refractivity contribution in [3.8, 4) is 27.6 Å². The zero-order chi connectivity index (χ0) is 21.3. The van der Waals surface area contributed by atoms with Crippen molar-refractivity contribution >= 4 is 22.7 Å². The molecule has 4 rings (SSSR count). The number of aliphatic imine (C=N–C) groups is 1. The summed E-state index contributed by atoms with van der Waals surface area (Å²) in [6, 6.07) is 16.2. The van der Waals surface area contributed by atoms with Crippen molar-refractivity contribution in [3.63, 3.8) is 0 Å². The summed E-state index contributed by atoms with van der Waals surface area (Å²) in [6.45, 7) is 4.05. The topological polar surface area (TPSA) is 111 Å². The van der Waals surface area contributed by atoms with Gasteiger partial charge in [0.15, 0.2) is 0 Å². The van der Waals surface area contributed by atoms with Gasteiger partial charge in [0.05, 0.1) is 10.6 Å². The van der Waals surface area contributed by atoms with E-state index < -0.39 is 17.1 Å². The Bertz CT molecular complexity index is 1280. The summed E-state index contributed by atoms with van der Waals surface area (Å²) < 4.78 is 0. The molecule has 2 aromatic carbocycles. The molecule has 0 aliphatic rings. The third kappa shape index (κ3) is 3.99. The Hall–Kier alpha value is -3.78. The van der Waals surface area contributed by atoms with Crippen LogP contribution < -0.4 is 11.2 Å². The number of nitrogens with zero attached hydrogens (tertiary/aromatic N) is 2. The Morgan fingerprint density at radius 3 is 2.13 bits per heavy atom. The van der Waals surface area contributed by atoms with Crippen LogP contribution in [0.4, 0.5) is 5.13 Å². The van der Waals surface area contributed by atoms with E-state index in [-0.39, 0.29) is 5.56 Å². The summed E-state index contributed by atoms with van der Waals surface area (Å²) in [4.78, 5) is 37.2. The van der Waals surface area contributed by atoms with Crippen molar-refractivity contribution in [2.24, 2.45) is 4.99 Å². The molecule has 8 heteroatoms. The van der Waals surface area contributed by atoms with E-state index >= 15 is 0 Å². The van der Waals surface area contributed by atoms with Crippen molar-refractivity contribution in [3.05, 3.63) is 86.1 Å². The number of aromatic hydroxyl groups is 1. The lowest BCUT2D eigenvalue weighted by molar-refractivity contribution is 0.447. The highest BCUT2D eigenvalue weighted by molar-refractivity contribution is 7.19. The maximum absolute atomic E-state index is 11.9. The highest BCUT2D eigenvalue weighted by atomic mass is 32.1. The van der Waals surface area contributed by atoms with Crippen LogP contribution in [0.25, 0.3) is 21.7 Å². The smallest absolute Gasteiger partial charge is 0.328 e. The Morgan fingerprint density at radius 2 is 1.53 bits per heavy atom. The fourth-order valence-corrected chi connectivity index (χ4v) is 3.83. The molecule has 2 aromatic heterocycles. The van der Waals surface area contributed by atoms with Crippen LogP contribution in [0.3, 0.4) is 0 Å². The van der Waals surface area contributed by atoms with Crippen LogP contribution in [0.5, 0.6) is 5.88 Å². The molecule has 3 N–H and O–H groups in total. The molecule has 0 unspecified atom stereocenters. The molecule has 2 heterocycles. The molecule has 0 bridgehead atoms. The van der Waals surface area contributed by atoms with Gasteiger partial charge in [-0.05, 0) is 19.4 Å². The van der Waals surface area contributed by atoms with Gasteiger partial charge in [-0.1, -0.05) is 71.0 Å². The molecule has 0 aliphatic heterocycles. The number of aryl methyl sites for hydroxylation is 2. The summed E-state index contributed by atoms with van der Waals surface area (Å²) >= 11 is 1.38. The van der Waals surface area contributed by atoms with Crippen LogP contribution in [-0.4, -0.2) is 26.3 Å². The molecular formula is C22H18N4O3S. The molecule has 30 heavy (non-hydrogen) atoms. The van der Waals surface area contributed by atoms with Gasteiger partial charge in [0.1, 0.15) is 5.56 Å². The average molecular weight is 418 g/mol. The first-order valence-electron chi connectivity index (χ1n) is 9.15. The lowest BCUT2D eigenvalue weighted by Crippen LogP contribution is -2.24. The van der Waals surface area contributed by atoms with Gasteiger partial charge >= 0.3 is 5.69 Å². The van der Waals surface area contributed by atoms with Gasteiger partial charge in [0.2, 0.25) is 11.0 Å². The van der Waals surface area contributed by atoms with Crippen LogP contribution in [0.1, 0.15) is 16.7 Å². The highest BCUT2D eigenvalue weighted by Crippen LogP contribution is 2.40. The summed E-state index contributed by atoms with van der Waals surface area (Å²) in [5.41, 5.74) is 3.41. The molecule has 0 saturated heterocycles. The number of aromatic nitrogens is 3. The first-order chi connectivity index (χ1) is 14.4. The monoisotopic (exact) mass is 418 g/mol. The van der Waals surface area contributed by atoms with E-state index in [1.54, 1.807) is 0 Å². The Kier molecular flexibility index (Phi) is 5.16. The quantitative estimate of drug-likeness (QED) is 0.436. The molecule has 0 atom stereocenters. The maximum atomic E-state index is 11.9. The van der Waals surface area contributed by atoms with Gasteiger partial charge < -0.3 is 5.11 Å². The number of aromatic amines is 2. The number of benzene rings is 2. The van der Waals surface area contributed by atoms with E-state index in [1.807, 2.05) is 62.4 Å². The number of nitrogens with one attached hydrogen (secondary N) is 2. The minimum absolute atomic E-state index is 0.140. The SMILES string of the molecule is Cc1ccc(-c2nc(N=Cc3c(O)[nH]c(=O)[nH]c3=O)sc2-c2ccc(C)cc2)cc1. The zero-order valence-electron chi connectivity index (χ0n) is 16.3. The first kappa shape index (κ1) is 19.5. The minimum atomic E-state index is -0.785. The van der Waals surface area contributed by atoms with Crippen molar-refractivity contribution in [2.45, 2.75) is 13.8 Å². The molecule has 0 spiro atoms. The zero-order valence-corrected chi connectivity index (χ0v) is 17.1. The third-order valence-corrected chi connectivity index (χ3v) is 5.53. The second kappa shape index (κ2) is 7.92. The van der Waals surface area contributed by atoms with Crippen molar-refractivity contribution in [1.82, 2.24) is 15.0 Å². The molecule has 0 saturated carbocycles. The summed E-state index contributed by atoms with van der Waals surface area (Å²) in [7, 11) is 0. The van der Waals surface area contributed by atoms with Crippen molar-refractivity contribution in [1.29, 1.82) is 0 Å². The van der Waals surface area contributed by atoms with Crippen LogP contribution in [0, 0.1) is 13.8 Å². The van der Waals surface area contributed by atoms with Gasteiger partial charge in [-0.15, -0.1) is 0 Å². The van der Waals surface area contributed by atoms with E-state index in [1.165, 1.54) is 17.6 Å². The molecule has 4 aromatic rings. The molecule has 150 valence electrons. The van der Waals surface area contributed by atoms with Gasteiger partial charge in [-0.25, -0.2) is 14.8 Å². The predicted molar refractivity (Wildman–Crippen MR) is 119 cm³/mol. The normalized spacial score (nSPS) is 11.3. The van der Waals surface area contributed by atoms with E-state index in [4.69, 9.17) is 0 Å². The van der Waals surface area contributed by atoms with E-state index in [0.717, 1.165) is 32.8 Å². The third-order valence-electron chi connectivity index (χ3n) is 4.52. The summed E-state index contributed by atoms with van der Waals surface area (Å²) in [5.74, 6) is -0.540. The van der Waals surface area contributed by atoms with Crippen LogP contribution in [0.2, 0.25) is 0 Å². The van der Waals surface area contributed by atoms with E-state index in [2.05, 4.69) is 19.9 Å². The maximum Gasteiger partial charge on any atom is 0.328 e. The van der Waals surface area contributed by atoms with Crippen LogP contribution in [-0.2, 0) is 0 Å². The first-order valence-corrected chi connectivity index (χ1v) is 9.97. The Morgan fingerprint density at radius 1 is 0.933 bits per heavy atom. The van der Waals surface area contributed by atoms with E-state index in [0.29, 0.717) is 5.13 Å². The number of thiazole rings is 1. The molecular weight excluding hydrogens is 400 g/mol. The average Bonchev–Trinajstić information content (AvgIpc) is 3.12. The van der Waals surface area contributed by atoms with Gasteiger partial charge in [-0.2, -0.15) is 0 Å². The fraction of sp³-hybridized carbons (Fsp3) is 0.0909. The highest BCUT2D eigenvalue weighted by Gasteiger charge is 2.15. The predicted octanol–water partition coefficient (Wildman–Crippen LogP) is 3.93. The lowest BCUT2D eigenvalue weighted by Gasteiger charge is -2.04. The largest absolute Gasteiger partial charge is 0.494 e. The van der Waals surface area contributed by atoms with E-state index in [9.17, 15) is 14.7 Å².